The van der Waals surface area contributed by atoms with Crippen LogP contribution in [0.25, 0.3) is 0 Å². The van der Waals surface area contributed by atoms with Crippen LogP contribution in [0, 0.1) is 0 Å². The van der Waals surface area contributed by atoms with E-state index in [0.717, 1.165) is 5.56 Å². The van der Waals surface area contributed by atoms with Crippen molar-refractivity contribution in [3.8, 4) is 5.75 Å². The number of anilines is 1. The molecule has 0 bridgehead atoms. The molecule has 0 unspecified atom stereocenters. The van der Waals surface area contributed by atoms with E-state index >= 15 is 0 Å². The quantitative estimate of drug-likeness (QED) is 0.518. The van der Waals surface area contributed by atoms with Crippen LogP contribution < -0.4 is 10.1 Å². The molecule has 164 valence electrons. The molecule has 1 aliphatic rings. The van der Waals surface area contributed by atoms with Gasteiger partial charge >= 0.3 is 5.97 Å². The van der Waals surface area contributed by atoms with Gasteiger partial charge < -0.3 is 14.8 Å². The van der Waals surface area contributed by atoms with E-state index in [0.29, 0.717) is 35.9 Å². The third-order valence-corrected chi connectivity index (χ3v) is 5.96. The van der Waals surface area contributed by atoms with Crippen LogP contribution in [0.1, 0.15) is 23.6 Å². The Labute approximate surface area is 192 Å². The molecular formula is C26H24ClNO4. The Bertz CT molecular complexity index is 1080. The fourth-order valence-corrected chi connectivity index (χ4v) is 4.24. The van der Waals surface area contributed by atoms with Gasteiger partial charge in [0.25, 0.3) is 0 Å². The zero-order valence-corrected chi connectivity index (χ0v) is 18.5. The van der Waals surface area contributed by atoms with Crippen LogP contribution in [0.5, 0.6) is 5.75 Å². The predicted octanol–water partition coefficient (Wildman–Crippen LogP) is 4.96. The molecule has 4 rings (SSSR count). The highest BCUT2D eigenvalue weighted by Gasteiger charge is 2.45. The first-order valence-corrected chi connectivity index (χ1v) is 10.9. The number of carbonyl (C=O) groups excluding carboxylic acids is 2. The number of esters is 1. The summed E-state index contributed by atoms with van der Waals surface area (Å²) >= 11 is 6.10. The summed E-state index contributed by atoms with van der Waals surface area (Å²) in [7, 11) is 0. The van der Waals surface area contributed by atoms with Crippen LogP contribution in [-0.4, -0.2) is 25.1 Å². The summed E-state index contributed by atoms with van der Waals surface area (Å²) in [5.41, 5.74) is 3.24. The Morgan fingerprint density at radius 3 is 2.16 bits per heavy atom. The maximum atomic E-state index is 13.6. The molecule has 0 spiro atoms. The normalized spacial score (nSPS) is 13.8. The third-order valence-electron chi connectivity index (χ3n) is 5.71. The van der Waals surface area contributed by atoms with Gasteiger partial charge in [-0.1, -0.05) is 48.0 Å². The molecule has 0 aromatic heterocycles. The lowest BCUT2D eigenvalue weighted by atomic mass is 9.76. The van der Waals surface area contributed by atoms with Gasteiger partial charge in [0, 0.05) is 10.7 Å². The van der Waals surface area contributed by atoms with Crippen LogP contribution in [-0.2, 0) is 32.6 Å². The number of halogens is 1. The van der Waals surface area contributed by atoms with E-state index in [1.807, 2.05) is 36.4 Å². The van der Waals surface area contributed by atoms with E-state index in [2.05, 4.69) is 17.4 Å². The molecule has 0 atom stereocenters. The van der Waals surface area contributed by atoms with E-state index in [-0.39, 0.29) is 12.5 Å². The van der Waals surface area contributed by atoms with Crippen molar-refractivity contribution in [2.45, 2.75) is 25.2 Å². The molecule has 0 radical (unpaired) electrons. The zero-order valence-electron chi connectivity index (χ0n) is 17.8. The molecule has 0 aliphatic heterocycles. The number of amides is 1. The Hall–Kier alpha value is -3.31. The highest BCUT2D eigenvalue weighted by atomic mass is 35.5. The number of benzene rings is 3. The molecule has 5 nitrogen and oxygen atoms in total. The van der Waals surface area contributed by atoms with Crippen LogP contribution >= 0.6 is 11.6 Å². The summed E-state index contributed by atoms with van der Waals surface area (Å²) in [5.74, 6) is 0.0311. The van der Waals surface area contributed by atoms with Crippen molar-refractivity contribution in [1.29, 1.82) is 0 Å². The number of ether oxygens (including phenoxy) is 2. The molecule has 1 aliphatic carbocycles. The Balaban J connectivity index is 1.53. The summed E-state index contributed by atoms with van der Waals surface area (Å²) in [4.78, 5) is 25.1. The number of hydrogen-bond donors (Lipinski definition) is 1. The van der Waals surface area contributed by atoms with Crippen molar-refractivity contribution in [1.82, 2.24) is 0 Å². The SMILES string of the molecule is CCOC(=O)COc1ccc(NC(=O)C2(c3ccc(Cl)cc3)Cc3ccccc3C2)cc1. The average molecular weight is 450 g/mol. The number of hydrogen-bond acceptors (Lipinski definition) is 4. The van der Waals surface area contributed by atoms with E-state index in [4.69, 9.17) is 21.1 Å². The number of carbonyl (C=O) groups is 2. The number of nitrogens with one attached hydrogen (secondary N) is 1. The zero-order chi connectivity index (χ0) is 22.6. The van der Waals surface area contributed by atoms with Gasteiger partial charge in [-0.05, 0) is 72.9 Å². The Morgan fingerprint density at radius 1 is 0.938 bits per heavy atom. The van der Waals surface area contributed by atoms with Crippen molar-refractivity contribution in [3.05, 3.63) is 94.5 Å². The topological polar surface area (TPSA) is 64.6 Å². The third kappa shape index (κ3) is 4.63. The van der Waals surface area contributed by atoms with Gasteiger partial charge in [-0.2, -0.15) is 0 Å². The molecule has 0 fully saturated rings. The van der Waals surface area contributed by atoms with Gasteiger partial charge in [0.15, 0.2) is 6.61 Å². The summed E-state index contributed by atoms with van der Waals surface area (Å²) < 4.78 is 10.3. The maximum absolute atomic E-state index is 13.6. The monoisotopic (exact) mass is 449 g/mol. The molecule has 6 heteroatoms. The lowest BCUT2D eigenvalue weighted by Gasteiger charge is -2.28. The van der Waals surface area contributed by atoms with Crippen LogP contribution in [0.3, 0.4) is 0 Å². The van der Waals surface area contributed by atoms with Gasteiger partial charge in [0.2, 0.25) is 5.91 Å². The van der Waals surface area contributed by atoms with Crippen LogP contribution in [0.4, 0.5) is 5.69 Å². The fraction of sp³-hybridized carbons (Fsp3) is 0.231. The fourth-order valence-electron chi connectivity index (χ4n) is 4.11. The number of fused-ring (bicyclic) bond motifs is 1. The summed E-state index contributed by atoms with van der Waals surface area (Å²) in [6.45, 7) is 1.90. The summed E-state index contributed by atoms with van der Waals surface area (Å²) in [5, 5.41) is 3.70. The minimum absolute atomic E-state index is 0.0729. The van der Waals surface area contributed by atoms with E-state index in [1.165, 1.54) is 11.1 Å². The van der Waals surface area contributed by atoms with Gasteiger partial charge in [0.05, 0.1) is 12.0 Å². The Kier molecular flexibility index (Phi) is 6.47. The van der Waals surface area contributed by atoms with E-state index < -0.39 is 11.4 Å². The van der Waals surface area contributed by atoms with E-state index in [9.17, 15) is 9.59 Å². The number of rotatable bonds is 7. The molecule has 1 N–H and O–H groups in total. The van der Waals surface area contributed by atoms with Crippen molar-refractivity contribution in [3.63, 3.8) is 0 Å². The maximum Gasteiger partial charge on any atom is 0.344 e. The standard InChI is InChI=1S/C26H24ClNO4/c1-2-31-24(29)17-32-23-13-11-22(12-14-23)28-25(30)26(20-7-9-21(27)10-8-20)15-18-5-3-4-6-19(18)16-26/h3-14H,2,15-17H2,1H3,(H,28,30). The molecule has 1 amide bonds. The molecule has 32 heavy (non-hydrogen) atoms. The first-order chi connectivity index (χ1) is 15.5. The predicted molar refractivity (Wildman–Crippen MR) is 124 cm³/mol. The molecule has 3 aromatic rings. The van der Waals surface area contributed by atoms with Crippen molar-refractivity contribution >= 4 is 29.2 Å². The minimum Gasteiger partial charge on any atom is -0.482 e. The highest BCUT2D eigenvalue weighted by Crippen LogP contribution is 2.41. The van der Waals surface area contributed by atoms with Crippen LogP contribution in [0.2, 0.25) is 5.02 Å². The average Bonchev–Trinajstić information content (AvgIpc) is 3.20. The summed E-state index contributed by atoms with van der Waals surface area (Å²) in [6.07, 6.45) is 1.24. The minimum atomic E-state index is -0.715. The summed E-state index contributed by atoms with van der Waals surface area (Å²) in [6, 6.07) is 22.6. The lowest BCUT2D eigenvalue weighted by molar-refractivity contribution is -0.145. The largest absolute Gasteiger partial charge is 0.482 e. The molecule has 3 aromatic carbocycles. The molecule has 0 saturated carbocycles. The van der Waals surface area contributed by atoms with Crippen molar-refractivity contribution < 1.29 is 19.1 Å². The Morgan fingerprint density at radius 2 is 1.56 bits per heavy atom. The van der Waals surface area contributed by atoms with Crippen LogP contribution in [0.15, 0.2) is 72.8 Å². The smallest absolute Gasteiger partial charge is 0.344 e. The van der Waals surface area contributed by atoms with Gasteiger partial charge in [0.1, 0.15) is 5.75 Å². The van der Waals surface area contributed by atoms with Gasteiger partial charge in [-0.3, -0.25) is 4.79 Å². The second-order valence-corrected chi connectivity index (χ2v) is 8.22. The second kappa shape index (κ2) is 9.45. The van der Waals surface area contributed by atoms with Crippen molar-refractivity contribution in [2.24, 2.45) is 0 Å². The lowest BCUT2D eigenvalue weighted by Crippen LogP contribution is -2.41. The second-order valence-electron chi connectivity index (χ2n) is 7.78. The molecular weight excluding hydrogens is 426 g/mol. The first-order valence-electron chi connectivity index (χ1n) is 10.5. The highest BCUT2D eigenvalue weighted by molar-refractivity contribution is 6.30. The molecule has 0 saturated heterocycles. The van der Waals surface area contributed by atoms with E-state index in [1.54, 1.807) is 31.2 Å². The van der Waals surface area contributed by atoms with Crippen molar-refractivity contribution in [2.75, 3.05) is 18.5 Å². The van der Waals surface area contributed by atoms with Gasteiger partial charge in [-0.15, -0.1) is 0 Å². The van der Waals surface area contributed by atoms with Gasteiger partial charge in [-0.25, -0.2) is 4.79 Å². The molecule has 0 heterocycles. The first kappa shape index (κ1) is 21.9.